The molecule has 11 nitrogen and oxygen atoms in total. The van der Waals surface area contributed by atoms with Gasteiger partial charge >= 0.3 is 11.7 Å². The number of hydrogen-bond donors (Lipinski definition) is 3. The fourth-order valence-corrected chi connectivity index (χ4v) is 4.35. The van der Waals surface area contributed by atoms with Crippen molar-refractivity contribution in [2.24, 2.45) is 11.8 Å². The second kappa shape index (κ2) is 11.4. The fraction of sp³-hybridized carbons (Fsp3) is 0.500. The highest BCUT2D eigenvalue weighted by Gasteiger charge is 2.24. The maximum atomic E-state index is 12.6. The molecular weight excluding hydrogens is 450 g/mol. The minimum absolute atomic E-state index is 0.0164. The number of rotatable bonds is 11. The number of piperidine rings is 1. The summed E-state index contributed by atoms with van der Waals surface area (Å²) in [4.78, 5) is 42.7. The van der Waals surface area contributed by atoms with Crippen LogP contribution in [-0.4, -0.2) is 56.5 Å². The summed E-state index contributed by atoms with van der Waals surface area (Å²) in [7, 11) is 0. The van der Waals surface area contributed by atoms with Gasteiger partial charge in [-0.3, -0.25) is 19.1 Å². The zero-order valence-electron chi connectivity index (χ0n) is 20.0. The number of aromatic amines is 1. The van der Waals surface area contributed by atoms with Gasteiger partial charge in [0.2, 0.25) is 0 Å². The number of likely N-dealkylation sites (tertiary alicyclic amines) is 1. The number of nitrogen functional groups attached to an aromatic ring is 1. The van der Waals surface area contributed by atoms with Gasteiger partial charge in [0, 0.05) is 12.5 Å². The van der Waals surface area contributed by atoms with E-state index in [1.165, 1.54) is 5.56 Å². The summed E-state index contributed by atoms with van der Waals surface area (Å²) in [6, 6.07) is 8.33. The summed E-state index contributed by atoms with van der Waals surface area (Å²) in [5.74, 6) is 5.32. The van der Waals surface area contributed by atoms with E-state index in [9.17, 15) is 9.59 Å². The maximum Gasteiger partial charge on any atom is 0.328 e. The first-order valence-electron chi connectivity index (χ1n) is 12.0. The summed E-state index contributed by atoms with van der Waals surface area (Å²) in [5.41, 5.74) is 8.72. The smallest absolute Gasteiger partial charge is 0.328 e. The number of nitrogens with two attached hydrogens (primary N) is 2. The van der Waals surface area contributed by atoms with Crippen LogP contribution in [0.25, 0.3) is 11.2 Å². The normalized spacial score (nSPS) is 15.0. The SMILES string of the molecule is CCCCOc1nc(N)c2[nH]c(=O)n(Cc3ccc(CN4CCC(C(=O)CON)CC4)cc3)c2n1. The molecule has 188 valence electrons. The Labute approximate surface area is 203 Å². The number of anilines is 1. The first kappa shape index (κ1) is 24.8. The molecule has 0 radical (unpaired) electrons. The third-order valence-electron chi connectivity index (χ3n) is 6.40. The molecule has 4 rings (SSSR count). The van der Waals surface area contributed by atoms with E-state index in [0.717, 1.165) is 50.9 Å². The predicted molar refractivity (Wildman–Crippen MR) is 132 cm³/mol. The molecule has 1 aromatic carbocycles. The third-order valence-corrected chi connectivity index (χ3v) is 6.40. The molecule has 5 N–H and O–H groups in total. The monoisotopic (exact) mass is 483 g/mol. The van der Waals surface area contributed by atoms with Crippen LogP contribution in [0.4, 0.5) is 5.82 Å². The van der Waals surface area contributed by atoms with Crippen LogP contribution in [0.3, 0.4) is 0 Å². The van der Waals surface area contributed by atoms with E-state index >= 15 is 0 Å². The first-order chi connectivity index (χ1) is 17.0. The molecule has 0 atom stereocenters. The van der Waals surface area contributed by atoms with Gasteiger partial charge in [-0.1, -0.05) is 37.6 Å². The zero-order valence-corrected chi connectivity index (χ0v) is 20.0. The number of ether oxygens (including phenoxy) is 1. The number of Topliss-reactive ketones (excluding diaryl/α,β-unsaturated/α-hetero) is 1. The van der Waals surface area contributed by atoms with E-state index in [1.54, 1.807) is 4.57 Å². The Bertz CT molecular complexity index is 1200. The molecule has 0 unspecified atom stereocenters. The van der Waals surface area contributed by atoms with Crippen molar-refractivity contribution in [3.05, 3.63) is 45.9 Å². The lowest BCUT2D eigenvalue weighted by Crippen LogP contribution is -2.37. The Balaban J connectivity index is 1.40. The number of unbranched alkanes of at least 4 members (excludes halogenated alkanes) is 1. The number of hydrogen-bond acceptors (Lipinski definition) is 9. The quantitative estimate of drug-likeness (QED) is 0.272. The third kappa shape index (κ3) is 6.05. The van der Waals surface area contributed by atoms with Crippen LogP contribution in [0.2, 0.25) is 0 Å². The second-order valence-electron chi connectivity index (χ2n) is 8.95. The Morgan fingerprint density at radius 2 is 1.83 bits per heavy atom. The minimum atomic E-state index is -0.298. The van der Waals surface area contributed by atoms with Crippen LogP contribution >= 0.6 is 0 Å². The lowest BCUT2D eigenvalue weighted by Gasteiger charge is -2.31. The number of nitrogens with one attached hydrogen (secondary N) is 1. The molecular formula is C24H33N7O4. The molecule has 3 aromatic rings. The van der Waals surface area contributed by atoms with Gasteiger partial charge in [0.25, 0.3) is 0 Å². The van der Waals surface area contributed by atoms with Gasteiger partial charge in [0.1, 0.15) is 12.1 Å². The van der Waals surface area contributed by atoms with Crippen LogP contribution in [-0.2, 0) is 22.7 Å². The van der Waals surface area contributed by atoms with Gasteiger partial charge in [0.05, 0.1) is 13.2 Å². The van der Waals surface area contributed by atoms with Gasteiger partial charge in [-0.05, 0) is 43.5 Å². The molecule has 0 aliphatic carbocycles. The van der Waals surface area contributed by atoms with Crippen molar-refractivity contribution in [3.8, 4) is 6.01 Å². The number of nitrogens with zero attached hydrogens (tertiary/aromatic N) is 4. The van der Waals surface area contributed by atoms with Crippen LogP contribution in [0, 0.1) is 5.92 Å². The van der Waals surface area contributed by atoms with Crippen molar-refractivity contribution in [2.75, 3.05) is 32.0 Å². The van der Waals surface area contributed by atoms with Crippen LogP contribution < -0.4 is 22.1 Å². The number of carbonyl (C=O) groups excluding carboxylic acids is 1. The number of fused-ring (bicyclic) bond motifs is 1. The Morgan fingerprint density at radius 3 is 2.49 bits per heavy atom. The summed E-state index contributed by atoms with van der Waals surface area (Å²) in [6.45, 7) is 5.42. The number of benzene rings is 1. The molecule has 11 heteroatoms. The van der Waals surface area contributed by atoms with Crippen molar-refractivity contribution >= 4 is 22.8 Å². The number of H-pyrrole nitrogens is 1. The molecule has 2 aromatic heterocycles. The lowest BCUT2D eigenvalue weighted by atomic mass is 9.92. The lowest BCUT2D eigenvalue weighted by molar-refractivity contribution is -0.129. The van der Waals surface area contributed by atoms with Crippen molar-refractivity contribution < 1.29 is 14.4 Å². The summed E-state index contributed by atoms with van der Waals surface area (Å²) < 4.78 is 7.15. The van der Waals surface area contributed by atoms with Crippen molar-refractivity contribution in [2.45, 2.75) is 45.7 Å². The number of imidazole rings is 1. The van der Waals surface area contributed by atoms with Crippen molar-refractivity contribution in [1.82, 2.24) is 24.4 Å². The topological polar surface area (TPSA) is 154 Å². The average Bonchev–Trinajstić information content (AvgIpc) is 3.17. The van der Waals surface area contributed by atoms with E-state index in [4.69, 9.17) is 16.4 Å². The van der Waals surface area contributed by atoms with Crippen molar-refractivity contribution in [1.29, 1.82) is 0 Å². The van der Waals surface area contributed by atoms with E-state index in [-0.39, 0.29) is 35.8 Å². The van der Waals surface area contributed by atoms with E-state index in [2.05, 4.69) is 43.7 Å². The predicted octanol–water partition coefficient (Wildman–Crippen LogP) is 1.60. The highest BCUT2D eigenvalue weighted by Crippen LogP contribution is 2.21. The molecule has 0 saturated carbocycles. The van der Waals surface area contributed by atoms with E-state index < -0.39 is 0 Å². The van der Waals surface area contributed by atoms with Gasteiger partial charge in [-0.25, -0.2) is 10.7 Å². The number of ketones is 1. The molecule has 0 amide bonds. The van der Waals surface area contributed by atoms with Crippen molar-refractivity contribution in [3.63, 3.8) is 0 Å². The van der Waals surface area contributed by atoms with Crippen LogP contribution in [0.5, 0.6) is 6.01 Å². The van der Waals surface area contributed by atoms with Gasteiger partial charge in [-0.15, -0.1) is 0 Å². The Kier molecular flexibility index (Phi) is 8.11. The van der Waals surface area contributed by atoms with E-state index in [1.807, 2.05) is 12.1 Å². The fourth-order valence-electron chi connectivity index (χ4n) is 4.35. The molecule has 0 spiro atoms. The molecule has 1 fully saturated rings. The highest BCUT2D eigenvalue weighted by molar-refractivity contribution is 5.82. The first-order valence-corrected chi connectivity index (χ1v) is 12.0. The summed E-state index contributed by atoms with van der Waals surface area (Å²) in [5, 5.41) is 0. The number of carbonyl (C=O) groups is 1. The van der Waals surface area contributed by atoms with Gasteiger partial charge in [0.15, 0.2) is 17.2 Å². The Hall–Kier alpha value is -3.28. The molecule has 0 bridgehead atoms. The molecule has 1 aliphatic rings. The maximum absolute atomic E-state index is 12.6. The summed E-state index contributed by atoms with van der Waals surface area (Å²) >= 11 is 0. The minimum Gasteiger partial charge on any atom is -0.463 e. The van der Waals surface area contributed by atoms with E-state index in [0.29, 0.717) is 24.3 Å². The van der Waals surface area contributed by atoms with Gasteiger partial charge in [-0.2, -0.15) is 9.97 Å². The standard InChI is InChI=1S/C24H33N7O4/c1-2-3-12-34-23-28-21(25)20-22(29-23)31(24(33)27-20)14-17-6-4-16(5-7-17)13-30-10-8-18(9-11-30)19(32)15-35-26/h4-7,18H,2-3,8-15,26H2,1H3,(H,27,33)(H2,25,28,29). The van der Waals surface area contributed by atoms with Gasteiger partial charge < -0.3 is 15.5 Å². The largest absolute Gasteiger partial charge is 0.463 e. The highest BCUT2D eigenvalue weighted by atomic mass is 16.6. The Morgan fingerprint density at radius 1 is 1.14 bits per heavy atom. The summed E-state index contributed by atoms with van der Waals surface area (Å²) in [6.07, 6.45) is 3.51. The second-order valence-corrected chi connectivity index (χ2v) is 8.95. The molecule has 1 aliphatic heterocycles. The average molecular weight is 484 g/mol. The van der Waals surface area contributed by atoms with Crippen LogP contribution in [0.15, 0.2) is 29.1 Å². The number of aromatic nitrogens is 4. The van der Waals surface area contributed by atoms with Crippen LogP contribution in [0.1, 0.15) is 43.7 Å². The molecule has 1 saturated heterocycles. The molecule has 3 heterocycles. The molecule has 35 heavy (non-hydrogen) atoms. The zero-order chi connectivity index (χ0) is 24.8.